The minimum Gasteiger partial charge on any atom is -0.461 e. The average Bonchev–Trinajstić information content (AvgIpc) is 3.15. The van der Waals surface area contributed by atoms with Gasteiger partial charge < -0.3 is 9.73 Å². The molecular formula is C15H17N5O3. The van der Waals surface area contributed by atoms with Crippen LogP contribution in [0.1, 0.15) is 32.6 Å². The summed E-state index contributed by atoms with van der Waals surface area (Å²) in [5.74, 6) is 1.19. The number of carbonyl (C=O) groups is 1. The van der Waals surface area contributed by atoms with Gasteiger partial charge in [-0.2, -0.15) is 9.50 Å². The van der Waals surface area contributed by atoms with Gasteiger partial charge in [-0.15, -0.1) is 5.10 Å². The van der Waals surface area contributed by atoms with E-state index >= 15 is 0 Å². The topological polar surface area (TPSA) is 105 Å². The molecule has 120 valence electrons. The van der Waals surface area contributed by atoms with Crippen molar-refractivity contribution < 1.29 is 9.21 Å². The predicted octanol–water partition coefficient (Wildman–Crippen LogP) is 2.20. The Morgan fingerprint density at radius 3 is 3.04 bits per heavy atom. The van der Waals surface area contributed by atoms with Crippen LogP contribution < -0.4 is 10.9 Å². The molecule has 2 N–H and O–H groups in total. The van der Waals surface area contributed by atoms with Crippen molar-refractivity contribution in [2.75, 3.05) is 5.32 Å². The molecule has 0 aromatic carbocycles. The summed E-state index contributed by atoms with van der Waals surface area (Å²) < 4.78 is 6.63. The van der Waals surface area contributed by atoms with Crippen molar-refractivity contribution in [3.63, 3.8) is 0 Å². The van der Waals surface area contributed by atoms with Gasteiger partial charge in [-0.1, -0.05) is 19.8 Å². The first-order valence-electron chi connectivity index (χ1n) is 7.51. The van der Waals surface area contributed by atoms with E-state index in [1.807, 2.05) is 0 Å². The summed E-state index contributed by atoms with van der Waals surface area (Å²) >= 11 is 0. The Kier molecular flexibility index (Phi) is 4.22. The molecule has 0 aliphatic rings. The van der Waals surface area contributed by atoms with Crippen LogP contribution in [0.5, 0.6) is 0 Å². The van der Waals surface area contributed by atoms with Crippen LogP contribution in [0.3, 0.4) is 0 Å². The molecule has 0 bridgehead atoms. The standard InChI is InChI=1S/C15H17N5O3/c1-2-3-4-7-12(21)16-11-9-13(22)17-15-18-14(19-20(11)15)10-6-5-8-23-10/h5-6,8-9H,2-4,7H2,1H3,(H,16,21)(H,17,18,19,22). The third-order valence-electron chi connectivity index (χ3n) is 3.35. The number of hydrogen-bond donors (Lipinski definition) is 2. The second-order valence-corrected chi connectivity index (χ2v) is 5.17. The Bertz CT molecular complexity index is 863. The maximum Gasteiger partial charge on any atom is 0.254 e. The summed E-state index contributed by atoms with van der Waals surface area (Å²) in [4.78, 5) is 30.5. The van der Waals surface area contributed by atoms with E-state index in [0.717, 1.165) is 19.3 Å². The largest absolute Gasteiger partial charge is 0.461 e. The van der Waals surface area contributed by atoms with Crippen LogP contribution >= 0.6 is 0 Å². The van der Waals surface area contributed by atoms with Crippen molar-refractivity contribution in [2.45, 2.75) is 32.6 Å². The van der Waals surface area contributed by atoms with E-state index in [9.17, 15) is 9.59 Å². The van der Waals surface area contributed by atoms with Gasteiger partial charge in [0.2, 0.25) is 17.5 Å². The van der Waals surface area contributed by atoms with Gasteiger partial charge in [-0.25, -0.2) is 0 Å². The van der Waals surface area contributed by atoms with E-state index < -0.39 is 0 Å². The molecule has 0 aliphatic carbocycles. The number of rotatable bonds is 6. The summed E-state index contributed by atoms with van der Waals surface area (Å²) in [5.41, 5.74) is -0.361. The first-order valence-corrected chi connectivity index (χ1v) is 7.51. The number of hydrogen-bond acceptors (Lipinski definition) is 5. The van der Waals surface area contributed by atoms with Crippen LogP contribution in [0.4, 0.5) is 5.82 Å². The highest BCUT2D eigenvalue weighted by Crippen LogP contribution is 2.17. The molecule has 0 saturated carbocycles. The molecule has 0 radical (unpaired) electrons. The van der Waals surface area contributed by atoms with Crippen LogP contribution in [0, 0.1) is 0 Å². The molecule has 0 aliphatic heterocycles. The zero-order valence-electron chi connectivity index (χ0n) is 12.7. The molecule has 8 heteroatoms. The number of nitrogens with zero attached hydrogens (tertiary/aromatic N) is 3. The Hall–Kier alpha value is -2.90. The molecule has 0 spiro atoms. The van der Waals surface area contributed by atoms with Crippen LogP contribution in [-0.4, -0.2) is 25.5 Å². The normalized spacial score (nSPS) is 11.0. The van der Waals surface area contributed by atoms with Crippen LogP contribution in [0.2, 0.25) is 0 Å². The average molecular weight is 315 g/mol. The second-order valence-electron chi connectivity index (χ2n) is 5.17. The van der Waals surface area contributed by atoms with Crippen LogP contribution in [-0.2, 0) is 4.79 Å². The fourth-order valence-corrected chi connectivity index (χ4v) is 2.23. The molecule has 23 heavy (non-hydrogen) atoms. The zero-order chi connectivity index (χ0) is 16.2. The number of anilines is 1. The van der Waals surface area contributed by atoms with Crippen molar-refractivity contribution in [3.05, 3.63) is 34.8 Å². The fourth-order valence-electron chi connectivity index (χ4n) is 2.23. The molecule has 3 aromatic heterocycles. The highest BCUT2D eigenvalue weighted by molar-refractivity contribution is 5.90. The monoisotopic (exact) mass is 315 g/mol. The Labute approximate surface area is 131 Å². The molecule has 3 aromatic rings. The first-order chi connectivity index (χ1) is 11.2. The van der Waals surface area contributed by atoms with Gasteiger partial charge in [-0.05, 0) is 18.6 Å². The minimum absolute atomic E-state index is 0.152. The lowest BCUT2D eigenvalue weighted by Crippen LogP contribution is -2.18. The highest BCUT2D eigenvalue weighted by Gasteiger charge is 2.14. The first kappa shape index (κ1) is 15.0. The van der Waals surface area contributed by atoms with E-state index in [1.54, 1.807) is 12.1 Å². The van der Waals surface area contributed by atoms with Crippen LogP contribution in [0.25, 0.3) is 17.4 Å². The molecule has 0 fully saturated rings. The lowest BCUT2D eigenvalue weighted by molar-refractivity contribution is -0.116. The molecule has 0 atom stereocenters. The molecule has 0 unspecified atom stereocenters. The van der Waals surface area contributed by atoms with Gasteiger partial charge in [-0.3, -0.25) is 14.6 Å². The van der Waals surface area contributed by atoms with E-state index in [4.69, 9.17) is 4.42 Å². The minimum atomic E-state index is -0.361. The Morgan fingerprint density at radius 2 is 2.30 bits per heavy atom. The molecule has 1 amide bonds. The summed E-state index contributed by atoms with van der Waals surface area (Å²) in [6, 6.07) is 4.72. The number of aromatic nitrogens is 4. The molecular weight excluding hydrogens is 298 g/mol. The number of amides is 1. The van der Waals surface area contributed by atoms with Gasteiger partial charge in [0.1, 0.15) is 5.82 Å². The third-order valence-corrected chi connectivity index (χ3v) is 3.35. The maximum atomic E-state index is 12.0. The third kappa shape index (κ3) is 3.31. The van der Waals surface area contributed by atoms with Crippen molar-refractivity contribution in [1.29, 1.82) is 0 Å². The number of nitrogens with one attached hydrogen (secondary N) is 2. The predicted molar refractivity (Wildman–Crippen MR) is 84.1 cm³/mol. The number of H-pyrrole nitrogens is 1. The van der Waals surface area contributed by atoms with Crippen LogP contribution in [0.15, 0.2) is 33.7 Å². The zero-order valence-corrected chi connectivity index (χ0v) is 12.7. The Balaban J connectivity index is 1.90. The van der Waals surface area contributed by atoms with Crippen molar-refractivity contribution >= 4 is 17.5 Å². The van der Waals surface area contributed by atoms with Gasteiger partial charge in [0.25, 0.3) is 5.56 Å². The molecule has 0 saturated heterocycles. The summed E-state index contributed by atoms with van der Waals surface area (Å²) in [6.45, 7) is 2.07. The highest BCUT2D eigenvalue weighted by atomic mass is 16.3. The Morgan fingerprint density at radius 1 is 1.43 bits per heavy atom. The quantitative estimate of drug-likeness (QED) is 0.678. The molecule has 3 heterocycles. The SMILES string of the molecule is CCCCCC(=O)Nc1cc(=O)[nH]c2nc(-c3ccco3)nn12. The van der Waals surface area contributed by atoms with E-state index in [0.29, 0.717) is 18.0 Å². The summed E-state index contributed by atoms with van der Waals surface area (Å²) in [5, 5.41) is 6.99. The van der Waals surface area contributed by atoms with E-state index in [2.05, 4.69) is 27.3 Å². The van der Waals surface area contributed by atoms with Gasteiger partial charge >= 0.3 is 0 Å². The van der Waals surface area contributed by atoms with Gasteiger partial charge in [0.15, 0.2) is 5.76 Å². The van der Waals surface area contributed by atoms with Gasteiger partial charge in [0.05, 0.1) is 6.26 Å². The second kappa shape index (κ2) is 6.47. The van der Waals surface area contributed by atoms with Crippen molar-refractivity contribution in [1.82, 2.24) is 19.6 Å². The number of aromatic amines is 1. The maximum absolute atomic E-state index is 12.0. The summed E-state index contributed by atoms with van der Waals surface area (Å²) in [6.07, 6.45) is 4.76. The van der Waals surface area contributed by atoms with E-state index in [1.165, 1.54) is 16.8 Å². The van der Waals surface area contributed by atoms with Crippen molar-refractivity contribution in [3.8, 4) is 11.6 Å². The number of furan rings is 1. The molecule has 3 rings (SSSR count). The van der Waals surface area contributed by atoms with Crippen molar-refractivity contribution in [2.24, 2.45) is 0 Å². The number of fused-ring (bicyclic) bond motifs is 1. The number of carbonyl (C=O) groups excluding carboxylic acids is 1. The van der Waals surface area contributed by atoms with E-state index in [-0.39, 0.29) is 23.1 Å². The van der Waals surface area contributed by atoms with Gasteiger partial charge in [0, 0.05) is 12.5 Å². The number of unbranched alkanes of at least 4 members (excludes halogenated alkanes) is 2. The molecule has 8 nitrogen and oxygen atoms in total. The summed E-state index contributed by atoms with van der Waals surface area (Å²) in [7, 11) is 0. The fraction of sp³-hybridized carbons (Fsp3) is 0.333. The lowest BCUT2D eigenvalue weighted by Gasteiger charge is -2.05. The smallest absolute Gasteiger partial charge is 0.254 e. The lowest BCUT2D eigenvalue weighted by atomic mass is 10.2.